The third kappa shape index (κ3) is 3.85. The van der Waals surface area contributed by atoms with Gasteiger partial charge in [-0.05, 0) is 30.7 Å². The molecular weight excluding hydrogens is 282 g/mol. The summed E-state index contributed by atoms with van der Waals surface area (Å²) < 4.78 is 5.50. The van der Waals surface area contributed by atoms with E-state index in [1.54, 1.807) is 36.4 Å². The number of rotatable bonds is 6. The average molecular weight is 299 g/mol. The van der Waals surface area contributed by atoms with Gasteiger partial charge in [-0.1, -0.05) is 25.1 Å². The fraction of sp³-hybridized carbons (Fsp3) is 0.176. The number of ether oxygens (including phenoxy) is 1. The predicted molar refractivity (Wildman–Crippen MR) is 83.6 cm³/mol. The van der Waals surface area contributed by atoms with Crippen LogP contribution >= 0.6 is 0 Å². The lowest BCUT2D eigenvalue weighted by Crippen LogP contribution is -2.16. The largest absolute Gasteiger partial charge is 0.494 e. The molecule has 0 aliphatic heterocycles. The van der Waals surface area contributed by atoms with Crippen LogP contribution in [0.5, 0.6) is 5.75 Å². The fourth-order valence-corrected chi connectivity index (χ4v) is 1.95. The third-order valence-electron chi connectivity index (χ3n) is 2.97. The SMILES string of the molecule is CCCOc1cccc(NC(=O)c2ccccc2C(=O)O)c1. The van der Waals surface area contributed by atoms with E-state index >= 15 is 0 Å². The summed E-state index contributed by atoms with van der Waals surface area (Å²) in [5.74, 6) is -0.942. The number of hydrogen-bond acceptors (Lipinski definition) is 3. The maximum Gasteiger partial charge on any atom is 0.336 e. The number of amides is 1. The Labute approximate surface area is 128 Å². The van der Waals surface area contributed by atoms with E-state index in [-0.39, 0.29) is 11.1 Å². The minimum Gasteiger partial charge on any atom is -0.494 e. The van der Waals surface area contributed by atoms with E-state index in [1.165, 1.54) is 12.1 Å². The number of carbonyl (C=O) groups excluding carboxylic acids is 1. The van der Waals surface area contributed by atoms with Crippen molar-refractivity contribution in [1.29, 1.82) is 0 Å². The van der Waals surface area contributed by atoms with Gasteiger partial charge in [0.2, 0.25) is 0 Å². The predicted octanol–water partition coefficient (Wildman–Crippen LogP) is 3.43. The van der Waals surface area contributed by atoms with E-state index < -0.39 is 11.9 Å². The second kappa shape index (κ2) is 7.26. The monoisotopic (exact) mass is 299 g/mol. The van der Waals surface area contributed by atoms with Crippen molar-refractivity contribution in [2.24, 2.45) is 0 Å². The molecule has 0 unspecified atom stereocenters. The zero-order valence-electron chi connectivity index (χ0n) is 12.2. The molecule has 2 aromatic carbocycles. The highest BCUT2D eigenvalue weighted by Crippen LogP contribution is 2.19. The molecule has 2 N–H and O–H groups in total. The van der Waals surface area contributed by atoms with Gasteiger partial charge in [0.25, 0.3) is 5.91 Å². The molecule has 2 aromatic rings. The molecule has 0 aliphatic carbocycles. The van der Waals surface area contributed by atoms with Crippen molar-refractivity contribution in [3.63, 3.8) is 0 Å². The number of carboxylic acids is 1. The van der Waals surface area contributed by atoms with Crippen LogP contribution in [0.1, 0.15) is 34.1 Å². The van der Waals surface area contributed by atoms with E-state index in [2.05, 4.69) is 5.32 Å². The van der Waals surface area contributed by atoms with Crippen LogP contribution in [0.25, 0.3) is 0 Å². The van der Waals surface area contributed by atoms with E-state index in [4.69, 9.17) is 9.84 Å². The molecule has 5 nitrogen and oxygen atoms in total. The van der Waals surface area contributed by atoms with Crippen molar-refractivity contribution in [2.45, 2.75) is 13.3 Å². The topological polar surface area (TPSA) is 75.6 Å². The summed E-state index contributed by atoms with van der Waals surface area (Å²) in [4.78, 5) is 23.4. The second-order valence-corrected chi connectivity index (χ2v) is 4.68. The smallest absolute Gasteiger partial charge is 0.336 e. The molecule has 22 heavy (non-hydrogen) atoms. The Morgan fingerprint density at radius 2 is 1.82 bits per heavy atom. The van der Waals surface area contributed by atoms with Gasteiger partial charge in [0.05, 0.1) is 17.7 Å². The van der Waals surface area contributed by atoms with Crippen LogP contribution in [-0.4, -0.2) is 23.6 Å². The normalized spacial score (nSPS) is 10.0. The maximum absolute atomic E-state index is 12.2. The Kier molecular flexibility index (Phi) is 5.14. The summed E-state index contributed by atoms with van der Waals surface area (Å²) in [6.07, 6.45) is 0.891. The highest BCUT2D eigenvalue weighted by Gasteiger charge is 2.15. The molecule has 0 radical (unpaired) electrons. The van der Waals surface area contributed by atoms with Gasteiger partial charge in [-0.15, -0.1) is 0 Å². The molecule has 0 aromatic heterocycles. The Morgan fingerprint density at radius 3 is 2.50 bits per heavy atom. The van der Waals surface area contributed by atoms with Crippen molar-refractivity contribution < 1.29 is 19.4 Å². The Balaban J connectivity index is 2.17. The average Bonchev–Trinajstić information content (AvgIpc) is 2.53. The Bertz CT molecular complexity index is 682. The number of carbonyl (C=O) groups is 2. The van der Waals surface area contributed by atoms with Gasteiger partial charge in [-0.25, -0.2) is 4.79 Å². The molecule has 114 valence electrons. The quantitative estimate of drug-likeness (QED) is 0.857. The number of aromatic carboxylic acids is 1. The lowest BCUT2D eigenvalue weighted by atomic mass is 10.1. The van der Waals surface area contributed by atoms with Crippen LogP contribution in [0.4, 0.5) is 5.69 Å². The van der Waals surface area contributed by atoms with Crippen LogP contribution in [0.15, 0.2) is 48.5 Å². The minimum absolute atomic E-state index is 0.0293. The lowest BCUT2D eigenvalue weighted by molar-refractivity contribution is 0.0692. The number of nitrogens with one attached hydrogen (secondary N) is 1. The molecule has 1 amide bonds. The summed E-state index contributed by atoms with van der Waals surface area (Å²) in [5.41, 5.74) is 0.645. The number of carboxylic acid groups (broad SMARTS) is 1. The highest BCUT2D eigenvalue weighted by molar-refractivity contribution is 6.10. The maximum atomic E-state index is 12.2. The first-order valence-electron chi connectivity index (χ1n) is 6.98. The van der Waals surface area contributed by atoms with Crippen molar-refractivity contribution in [3.8, 4) is 5.75 Å². The van der Waals surface area contributed by atoms with Crippen LogP contribution in [0.3, 0.4) is 0 Å². The summed E-state index contributed by atoms with van der Waals surface area (Å²) in [7, 11) is 0. The van der Waals surface area contributed by atoms with Crippen LogP contribution in [-0.2, 0) is 0 Å². The molecule has 0 atom stereocenters. The van der Waals surface area contributed by atoms with Crippen molar-refractivity contribution in [3.05, 3.63) is 59.7 Å². The standard InChI is InChI=1S/C17H17NO4/c1-2-10-22-13-7-5-6-12(11-13)18-16(19)14-8-3-4-9-15(14)17(20)21/h3-9,11H,2,10H2,1H3,(H,18,19)(H,20,21). The minimum atomic E-state index is -1.13. The van der Waals surface area contributed by atoms with Crippen molar-refractivity contribution >= 4 is 17.6 Å². The van der Waals surface area contributed by atoms with Crippen LogP contribution in [0.2, 0.25) is 0 Å². The molecule has 5 heteroatoms. The molecular formula is C17H17NO4. The summed E-state index contributed by atoms with van der Waals surface area (Å²) in [5, 5.41) is 11.8. The molecule has 0 spiro atoms. The summed E-state index contributed by atoms with van der Waals surface area (Å²) >= 11 is 0. The van der Waals surface area contributed by atoms with Gasteiger partial charge in [0.15, 0.2) is 0 Å². The summed E-state index contributed by atoms with van der Waals surface area (Å²) in [6, 6.07) is 13.1. The first-order chi connectivity index (χ1) is 10.6. The zero-order valence-corrected chi connectivity index (χ0v) is 12.2. The lowest BCUT2D eigenvalue weighted by Gasteiger charge is -2.10. The van der Waals surface area contributed by atoms with Crippen LogP contribution < -0.4 is 10.1 Å². The second-order valence-electron chi connectivity index (χ2n) is 4.68. The number of benzene rings is 2. The van der Waals surface area contributed by atoms with Gasteiger partial charge in [0.1, 0.15) is 5.75 Å². The van der Waals surface area contributed by atoms with Gasteiger partial charge in [-0.3, -0.25) is 4.79 Å². The Hall–Kier alpha value is -2.82. The Morgan fingerprint density at radius 1 is 1.09 bits per heavy atom. The molecule has 0 aliphatic rings. The molecule has 2 rings (SSSR count). The molecule has 0 bridgehead atoms. The van der Waals surface area contributed by atoms with E-state index in [0.29, 0.717) is 18.0 Å². The molecule has 0 saturated heterocycles. The fourth-order valence-electron chi connectivity index (χ4n) is 1.95. The van der Waals surface area contributed by atoms with Crippen molar-refractivity contribution in [1.82, 2.24) is 0 Å². The van der Waals surface area contributed by atoms with E-state index in [0.717, 1.165) is 6.42 Å². The molecule has 0 fully saturated rings. The van der Waals surface area contributed by atoms with Gasteiger partial charge in [-0.2, -0.15) is 0 Å². The van der Waals surface area contributed by atoms with E-state index in [9.17, 15) is 9.59 Å². The van der Waals surface area contributed by atoms with Gasteiger partial charge < -0.3 is 15.2 Å². The highest BCUT2D eigenvalue weighted by atomic mass is 16.5. The number of hydrogen-bond donors (Lipinski definition) is 2. The first-order valence-corrected chi connectivity index (χ1v) is 6.98. The summed E-state index contributed by atoms with van der Waals surface area (Å²) in [6.45, 7) is 2.60. The third-order valence-corrected chi connectivity index (χ3v) is 2.97. The van der Waals surface area contributed by atoms with E-state index in [1.807, 2.05) is 6.92 Å². The van der Waals surface area contributed by atoms with Gasteiger partial charge >= 0.3 is 5.97 Å². The van der Waals surface area contributed by atoms with Crippen LogP contribution in [0, 0.1) is 0 Å². The van der Waals surface area contributed by atoms with Gasteiger partial charge in [0, 0.05) is 11.8 Å². The van der Waals surface area contributed by atoms with Crippen molar-refractivity contribution in [2.75, 3.05) is 11.9 Å². The molecule has 0 heterocycles. The number of anilines is 1. The first kappa shape index (κ1) is 15.6. The zero-order chi connectivity index (χ0) is 15.9. The molecule has 0 saturated carbocycles.